The van der Waals surface area contributed by atoms with E-state index >= 15 is 0 Å². The van der Waals surface area contributed by atoms with E-state index in [0.717, 1.165) is 14.6 Å². The number of anilines is 1. The second-order valence-electron chi connectivity index (χ2n) is 3.20. The zero-order chi connectivity index (χ0) is 12.3. The van der Waals surface area contributed by atoms with Gasteiger partial charge < -0.3 is 4.74 Å². The molecule has 0 aliphatic rings. The number of benzene rings is 1. The van der Waals surface area contributed by atoms with Crippen LogP contribution in [0.2, 0.25) is 0 Å². The summed E-state index contributed by atoms with van der Waals surface area (Å²) in [5.41, 5.74) is 2.24. The molecule has 1 N–H and O–H groups in total. The average molecular weight is 343 g/mol. The standard InChI is InChI=1S/C11H10IN3O2/c1-2-17-11(16)15-7-3-4-8-10(9(7)12)14-6-5-13-8/h3-6H,2H2,1H3,(H,15,16). The molecule has 0 fully saturated rings. The molecule has 17 heavy (non-hydrogen) atoms. The summed E-state index contributed by atoms with van der Waals surface area (Å²) in [5, 5.41) is 2.67. The highest BCUT2D eigenvalue weighted by molar-refractivity contribution is 14.1. The Morgan fingerprint density at radius 2 is 2.18 bits per heavy atom. The van der Waals surface area contributed by atoms with E-state index in [1.165, 1.54) is 0 Å². The fraction of sp³-hybridized carbons (Fsp3) is 0.182. The van der Waals surface area contributed by atoms with Gasteiger partial charge >= 0.3 is 6.09 Å². The van der Waals surface area contributed by atoms with Crippen molar-refractivity contribution in [2.24, 2.45) is 0 Å². The van der Waals surface area contributed by atoms with Crippen LogP contribution in [0.25, 0.3) is 11.0 Å². The lowest BCUT2D eigenvalue weighted by Crippen LogP contribution is -2.14. The van der Waals surface area contributed by atoms with Crippen LogP contribution >= 0.6 is 22.6 Å². The third-order valence-electron chi connectivity index (χ3n) is 2.09. The minimum absolute atomic E-state index is 0.343. The highest BCUT2D eigenvalue weighted by Crippen LogP contribution is 2.25. The van der Waals surface area contributed by atoms with Crippen molar-refractivity contribution < 1.29 is 9.53 Å². The lowest BCUT2D eigenvalue weighted by molar-refractivity contribution is 0.168. The molecular weight excluding hydrogens is 333 g/mol. The Balaban J connectivity index is 2.36. The van der Waals surface area contributed by atoms with Gasteiger partial charge in [-0.2, -0.15) is 0 Å². The van der Waals surface area contributed by atoms with Crippen LogP contribution in [-0.4, -0.2) is 22.7 Å². The van der Waals surface area contributed by atoms with Crippen molar-refractivity contribution in [2.75, 3.05) is 11.9 Å². The number of hydrogen-bond donors (Lipinski definition) is 1. The minimum Gasteiger partial charge on any atom is -0.450 e. The van der Waals surface area contributed by atoms with Crippen molar-refractivity contribution in [2.45, 2.75) is 6.92 Å². The van der Waals surface area contributed by atoms with Gasteiger partial charge in [0.15, 0.2) is 0 Å². The molecule has 0 bridgehead atoms. The van der Waals surface area contributed by atoms with Crippen LogP contribution in [-0.2, 0) is 4.74 Å². The average Bonchev–Trinajstić information content (AvgIpc) is 2.33. The van der Waals surface area contributed by atoms with Crippen molar-refractivity contribution in [3.63, 3.8) is 0 Å². The Morgan fingerprint density at radius 3 is 2.94 bits per heavy atom. The number of halogens is 1. The summed E-state index contributed by atoms with van der Waals surface area (Å²) in [6.45, 7) is 2.10. The van der Waals surface area contributed by atoms with E-state index in [1.807, 2.05) is 6.07 Å². The molecule has 0 aliphatic heterocycles. The van der Waals surface area contributed by atoms with Crippen molar-refractivity contribution in [1.29, 1.82) is 0 Å². The van der Waals surface area contributed by atoms with Crippen LogP contribution < -0.4 is 5.32 Å². The molecule has 1 heterocycles. The number of carbonyl (C=O) groups excluding carboxylic acids is 1. The number of fused-ring (bicyclic) bond motifs is 1. The Morgan fingerprint density at radius 1 is 1.41 bits per heavy atom. The third-order valence-corrected chi connectivity index (χ3v) is 3.18. The molecule has 5 nitrogen and oxygen atoms in total. The quantitative estimate of drug-likeness (QED) is 0.852. The lowest BCUT2D eigenvalue weighted by atomic mass is 10.2. The number of amides is 1. The van der Waals surface area contributed by atoms with Gasteiger partial charge in [-0.1, -0.05) is 0 Å². The molecule has 1 aromatic heterocycles. The van der Waals surface area contributed by atoms with Gasteiger partial charge in [0, 0.05) is 12.4 Å². The SMILES string of the molecule is CCOC(=O)Nc1ccc2nccnc2c1I. The Hall–Kier alpha value is -1.44. The first-order valence-electron chi connectivity index (χ1n) is 5.05. The molecule has 0 radical (unpaired) electrons. The molecule has 1 aromatic carbocycles. The molecular formula is C11H10IN3O2. The van der Waals surface area contributed by atoms with Crippen molar-refractivity contribution >= 4 is 45.4 Å². The van der Waals surface area contributed by atoms with Crippen molar-refractivity contribution in [3.05, 3.63) is 28.1 Å². The number of hydrogen-bond acceptors (Lipinski definition) is 4. The van der Waals surface area contributed by atoms with E-state index in [1.54, 1.807) is 25.4 Å². The fourth-order valence-corrected chi connectivity index (χ4v) is 2.11. The van der Waals surface area contributed by atoms with Gasteiger partial charge in [0.05, 0.1) is 21.4 Å². The second-order valence-corrected chi connectivity index (χ2v) is 4.28. The van der Waals surface area contributed by atoms with Crippen LogP contribution in [0.5, 0.6) is 0 Å². The maximum atomic E-state index is 11.3. The number of carbonyl (C=O) groups is 1. The summed E-state index contributed by atoms with van der Waals surface area (Å²) in [4.78, 5) is 19.7. The van der Waals surface area contributed by atoms with Crippen molar-refractivity contribution in [1.82, 2.24) is 9.97 Å². The molecule has 0 atom stereocenters. The van der Waals surface area contributed by atoms with E-state index in [9.17, 15) is 4.79 Å². The monoisotopic (exact) mass is 343 g/mol. The van der Waals surface area contributed by atoms with Crippen LogP contribution in [0.3, 0.4) is 0 Å². The summed E-state index contributed by atoms with van der Waals surface area (Å²) >= 11 is 2.13. The lowest BCUT2D eigenvalue weighted by Gasteiger charge is -2.08. The third kappa shape index (κ3) is 2.63. The summed E-state index contributed by atoms with van der Waals surface area (Å²) in [5.74, 6) is 0. The van der Waals surface area contributed by atoms with Crippen molar-refractivity contribution in [3.8, 4) is 0 Å². The van der Waals surface area contributed by atoms with Gasteiger partial charge in [0.25, 0.3) is 0 Å². The van der Waals surface area contributed by atoms with Gasteiger partial charge in [-0.25, -0.2) is 4.79 Å². The Kier molecular flexibility index (Phi) is 3.72. The predicted octanol–water partition coefficient (Wildman–Crippen LogP) is 2.80. The maximum absolute atomic E-state index is 11.3. The number of nitrogens with zero attached hydrogens (tertiary/aromatic N) is 2. The first-order valence-corrected chi connectivity index (χ1v) is 6.13. The molecule has 0 unspecified atom stereocenters. The van der Waals surface area contributed by atoms with E-state index in [2.05, 4.69) is 37.9 Å². The van der Waals surface area contributed by atoms with Gasteiger partial charge in [-0.3, -0.25) is 15.3 Å². The summed E-state index contributed by atoms with van der Waals surface area (Å²) in [6, 6.07) is 3.60. The molecule has 0 saturated heterocycles. The first-order chi connectivity index (χ1) is 8.22. The molecule has 0 saturated carbocycles. The van der Waals surface area contributed by atoms with Crippen LogP contribution in [0.1, 0.15) is 6.92 Å². The Bertz CT molecular complexity index is 559. The van der Waals surface area contributed by atoms with Gasteiger partial charge in [-0.05, 0) is 41.6 Å². The number of nitrogens with one attached hydrogen (secondary N) is 1. The molecule has 6 heteroatoms. The predicted molar refractivity (Wildman–Crippen MR) is 72.9 cm³/mol. The summed E-state index contributed by atoms with van der Waals surface area (Å²) < 4.78 is 5.67. The molecule has 0 spiro atoms. The van der Waals surface area contributed by atoms with Crippen LogP contribution in [0.15, 0.2) is 24.5 Å². The highest BCUT2D eigenvalue weighted by Gasteiger charge is 2.09. The summed E-state index contributed by atoms with van der Waals surface area (Å²) in [7, 11) is 0. The molecule has 0 aliphatic carbocycles. The zero-order valence-electron chi connectivity index (χ0n) is 9.11. The largest absolute Gasteiger partial charge is 0.450 e. The van der Waals surface area contributed by atoms with Crippen LogP contribution in [0, 0.1) is 3.57 Å². The number of ether oxygens (including phenoxy) is 1. The second kappa shape index (κ2) is 5.26. The summed E-state index contributed by atoms with van der Waals surface area (Å²) in [6.07, 6.45) is 2.80. The number of rotatable bonds is 2. The van der Waals surface area contributed by atoms with E-state index in [4.69, 9.17) is 4.74 Å². The normalized spacial score (nSPS) is 10.2. The van der Waals surface area contributed by atoms with E-state index in [0.29, 0.717) is 12.3 Å². The zero-order valence-corrected chi connectivity index (χ0v) is 11.3. The number of aromatic nitrogens is 2. The van der Waals surface area contributed by atoms with E-state index < -0.39 is 6.09 Å². The first kappa shape index (κ1) is 12.0. The van der Waals surface area contributed by atoms with Gasteiger partial charge in [0.1, 0.15) is 5.52 Å². The molecule has 1 amide bonds. The molecule has 2 rings (SSSR count). The Labute approximate surface area is 112 Å². The van der Waals surface area contributed by atoms with E-state index in [-0.39, 0.29) is 0 Å². The minimum atomic E-state index is -0.464. The molecule has 2 aromatic rings. The van der Waals surface area contributed by atoms with Gasteiger partial charge in [-0.15, -0.1) is 0 Å². The highest BCUT2D eigenvalue weighted by atomic mass is 127. The smallest absolute Gasteiger partial charge is 0.411 e. The topological polar surface area (TPSA) is 64.1 Å². The molecule has 88 valence electrons. The fourth-order valence-electron chi connectivity index (χ4n) is 1.38. The van der Waals surface area contributed by atoms with Gasteiger partial charge in [0.2, 0.25) is 0 Å². The van der Waals surface area contributed by atoms with Crippen LogP contribution in [0.4, 0.5) is 10.5 Å². The maximum Gasteiger partial charge on any atom is 0.411 e.